The number of rotatable bonds is 4. The van der Waals surface area contributed by atoms with Crippen LogP contribution in [0.3, 0.4) is 0 Å². The normalized spacial score (nSPS) is 25.6. The number of nitrogens with one attached hydrogen (secondary N) is 1. The first-order valence-electron chi connectivity index (χ1n) is 6.22. The van der Waals surface area contributed by atoms with Gasteiger partial charge in [-0.2, -0.15) is 0 Å². The monoisotopic (exact) mass is 219 g/mol. The van der Waals surface area contributed by atoms with E-state index in [0.29, 0.717) is 12.0 Å². The molecular weight excluding hydrogens is 198 g/mol. The predicted molar refractivity (Wildman–Crippen MR) is 65.9 cm³/mol. The van der Waals surface area contributed by atoms with Gasteiger partial charge >= 0.3 is 0 Å². The molecule has 1 aromatic heterocycles. The number of nitrogens with two attached hydrogens (primary N) is 1. The summed E-state index contributed by atoms with van der Waals surface area (Å²) in [6, 6.07) is 4.73. The van der Waals surface area contributed by atoms with Gasteiger partial charge in [0.1, 0.15) is 0 Å². The van der Waals surface area contributed by atoms with Crippen LogP contribution in [0.15, 0.2) is 24.5 Å². The molecule has 1 saturated carbocycles. The average Bonchev–Trinajstić information content (AvgIpc) is 2.38. The molecule has 0 spiro atoms. The van der Waals surface area contributed by atoms with Crippen LogP contribution < -0.4 is 11.1 Å². The van der Waals surface area contributed by atoms with Crippen LogP contribution in [-0.4, -0.2) is 17.6 Å². The summed E-state index contributed by atoms with van der Waals surface area (Å²) in [5.74, 6) is 0.663. The molecule has 3 heteroatoms. The van der Waals surface area contributed by atoms with E-state index in [1.807, 2.05) is 12.4 Å². The molecule has 16 heavy (non-hydrogen) atoms. The Morgan fingerprint density at radius 1 is 1.25 bits per heavy atom. The molecule has 0 bridgehead atoms. The molecule has 0 saturated heterocycles. The maximum absolute atomic E-state index is 5.81. The van der Waals surface area contributed by atoms with Gasteiger partial charge in [0, 0.05) is 25.0 Å². The molecular formula is C13H21N3. The maximum atomic E-state index is 5.81. The summed E-state index contributed by atoms with van der Waals surface area (Å²) in [4.78, 5) is 4.02. The molecule has 1 aromatic rings. The van der Waals surface area contributed by atoms with E-state index in [2.05, 4.69) is 22.4 Å². The molecule has 1 aliphatic carbocycles. The molecule has 3 nitrogen and oxygen atoms in total. The standard InChI is InChI=1S/C13H21N3/c14-9-12-3-1-2-4-13(12)16-10-11-5-7-15-8-6-11/h5-8,12-13,16H,1-4,9-10,14H2. The van der Waals surface area contributed by atoms with Crippen molar-refractivity contribution in [1.29, 1.82) is 0 Å². The van der Waals surface area contributed by atoms with Gasteiger partial charge in [-0.3, -0.25) is 4.98 Å². The molecule has 0 aromatic carbocycles. The third-order valence-electron chi connectivity index (χ3n) is 3.53. The minimum atomic E-state index is 0.604. The summed E-state index contributed by atoms with van der Waals surface area (Å²) in [6.07, 6.45) is 8.92. The van der Waals surface area contributed by atoms with Crippen molar-refractivity contribution in [1.82, 2.24) is 10.3 Å². The van der Waals surface area contributed by atoms with E-state index in [4.69, 9.17) is 5.73 Å². The summed E-state index contributed by atoms with van der Waals surface area (Å²) >= 11 is 0. The Kier molecular flexibility index (Phi) is 4.31. The molecule has 1 fully saturated rings. The van der Waals surface area contributed by atoms with Crippen molar-refractivity contribution in [3.63, 3.8) is 0 Å². The highest BCUT2D eigenvalue weighted by Gasteiger charge is 2.22. The minimum Gasteiger partial charge on any atom is -0.330 e. The number of aromatic nitrogens is 1. The first-order chi connectivity index (χ1) is 7.90. The zero-order valence-corrected chi connectivity index (χ0v) is 9.73. The van der Waals surface area contributed by atoms with Crippen molar-refractivity contribution in [3.05, 3.63) is 30.1 Å². The first kappa shape index (κ1) is 11.6. The molecule has 2 rings (SSSR count). The number of pyridine rings is 1. The second-order valence-electron chi connectivity index (χ2n) is 4.62. The van der Waals surface area contributed by atoms with Crippen molar-refractivity contribution >= 4 is 0 Å². The Bertz CT molecular complexity index is 299. The van der Waals surface area contributed by atoms with E-state index in [-0.39, 0.29) is 0 Å². The Morgan fingerprint density at radius 2 is 2.00 bits per heavy atom. The van der Waals surface area contributed by atoms with Gasteiger partial charge in [0.25, 0.3) is 0 Å². The van der Waals surface area contributed by atoms with Gasteiger partial charge in [0.2, 0.25) is 0 Å². The second kappa shape index (κ2) is 5.97. The zero-order valence-electron chi connectivity index (χ0n) is 9.73. The Labute approximate surface area is 97.5 Å². The summed E-state index contributed by atoms with van der Waals surface area (Å²) in [6.45, 7) is 1.75. The molecule has 2 unspecified atom stereocenters. The van der Waals surface area contributed by atoms with Crippen molar-refractivity contribution in [3.8, 4) is 0 Å². The topological polar surface area (TPSA) is 50.9 Å². The number of hydrogen-bond acceptors (Lipinski definition) is 3. The largest absolute Gasteiger partial charge is 0.330 e. The van der Waals surface area contributed by atoms with E-state index in [1.54, 1.807) is 0 Å². The summed E-state index contributed by atoms with van der Waals surface area (Å²) in [7, 11) is 0. The van der Waals surface area contributed by atoms with Gasteiger partial charge in [-0.15, -0.1) is 0 Å². The van der Waals surface area contributed by atoms with Gasteiger partial charge in [-0.1, -0.05) is 12.8 Å². The third kappa shape index (κ3) is 3.03. The van der Waals surface area contributed by atoms with Crippen molar-refractivity contribution < 1.29 is 0 Å². The Balaban J connectivity index is 1.84. The first-order valence-corrected chi connectivity index (χ1v) is 6.22. The van der Waals surface area contributed by atoms with E-state index in [1.165, 1.54) is 31.2 Å². The van der Waals surface area contributed by atoms with Crippen LogP contribution in [-0.2, 0) is 6.54 Å². The number of nitrogens with zero attached hydrogens (tertiary/aromatic N) is 1. The summed E-state index contributed by atoms with van der Waals surface area (Å²) in [5, 5.41) is 3.63. The second-order valence-corrected chi connectivity index (χ2v) is 4.62. The van der Waals surface area contributed by atoms with Crippen molar-refractivity contribution in [2.75, 3.05) is 6.54 Å². The van der Waals surface area contributed by atoms with Crippen molar-refractivity contribution in [2.45, 2.75) is 38.3 Å². The SMILES string of the molecule is NCC1CCCCC1NCc1ccncc1. The molecule has 3 N–H and O–H groups in total. The van der Waals surface area contributed by atoms with Crippen LogP contribution in [0, 0.1) is 5.92 Å². The third-order valence-corrected chi connectivity index (χ3v) is 3.53. The summed E-state index contributed by atoms with van der Waals surface area (Å²) in [5.41, 5.74) is 7.11. The van der Waals surface area contributed by atoms with Gasteiger partial charge in [0.15, 0.2) is 0 Å². The van der Waals surface area contributed by atoms with E-state index in [9.17, 15) is 0 Å². The van der Waals surface area contributed by atoms with E-state index >= 15 is 0 Å². The molecule has 1 aliphatic rings. The van der Waals surface area contributed by atoms with Crippen molar-refractivity contribution in [2.24, 2.45) is 11.7 Å². The highest BCUT2D eigenvalue weighted by Crippen LogP contribution is 2.23. The quantitative estimate of drug-likeness (QED) is 0.810. The highest BCUT2D eigenvalue weighted by atomic mass is 14.9. The van der Waals surface area contributed by atoms with Crippen LogP contribution in [0.25, 0.3) is 0 Å². The van der Waals surface area contributed by atoms with Crippen LogP contribution in [0.5, 0.6) is 0 Å². The maximum Gasteiger partial charge on any atom is 0.0271 e. The van der Waals surface area contributed by atoms with Crippen LogP contribution in [0.4, 0.5) is 0 Å². The van der Waals surface area contributed by atoms with Crippen LogP contribution in [0.2, 0.25) is 0 Å². The molecule has 0 amide bonds. The van der Waals surface area contributed by atoms with Crippen LogP contribution in [0.1, 0.15) is 31.2 Å². The van der Waals surface area contributed by atoms with Crippen LogP contribution >= 0.6 is 0 Å². The average molecular weight is 219 g/mol. The van der Waals surface area contributed by atoms with E-state index < -0.39 is 0 Å². The molecule has 0 radical (unpaired) electrons. The summed E-state index contributed by atoms with van der Waals surface area (Å²) < 4.78 is 0. The lowest BCUT2D eigenvalue weighted by Gasteiger charge is -2.31. The zero-order chi connectivity index (χ0) is 11.2. The lowest BCUT2D eigenvalue weighted by atomic mass is 9.84. The Morgan fingerprint density at radius 3 is 2.75 bits per heavy atom. The van der Waals surface area contributed by atoms with Gasteiger partial charge in [-0.25, -0.2) is 0 Å². The lowest BCUT2D eigenvalue weighted by molar-refractivity contribution is 0.267. The van der Waals surface area contributed by atoms with Gasteiger partial charge < -0.3 is 11.1 Å². The van der Waals surface area contributed by atoms with Gasteiger partial charge in [0.05, 0.1) is 0 Å². The molecule has 0 aliphatic heterocycles. The molecule has 1 heterocycles. The fourth-order valence-electron chi connectivity index (χ4n) is 2.51. The molecule has 2 atom stereocenters. The molecule has 88 valence electrons. The fourth-order valence-corrected chi connectivity index (χ4v) is 2.51. The minimum absolute atomic E-state index is 0.604. The lowest BCUT2D eigenvalue weighted by Crippen LogP contribution is -2.41. The number of hydrogen-bond donors (Lipinski definition) is 2. The van der Waals surface area contributed by atoms with E-state index in [0.717, 1.165) is 13.1 Å². The highest BCUT2D eigenvalue weighted by molar-refractivity contribution is 5.09. The predicted octanol–water partition coefficient (Wildman–Crippen LogP) is 1.69. The fraction of sp³-hybridized carbons (Fsp3) is 0.615. The smallest absolute Gasteiger partial charge is 0.0271 e. The van der Waals surface area contributed by atoms with Gasteiger partial charge in [-0.05, 0) is 43.0 Å². The Hall–Kier alpha value is -0.930.